The minimum atomic E-state index is -1.28. The van der Waals surface area contributed by atoms with E-state index in [1.54, 1.807) is 28.9 Å². The molecule has 6 nitrogen and oxygen atoms in total. The molecule has 1 aliphatic heterocycles. The maximum Gasteiger partial charge on any atom is 0.338 e. The fraction of sp³-hybridized carbons (Fsp3) is 0.407. The van der Waals surface area contributed by atoms with Crippen LogP contribution >= 0.6 is 23.2 Å². The number of carbonyl (C=O) groups is 1. The zero-order chi connectivity index (χ0) is 25.2. The summed E-state index contributed by atoms with van der Waals surface area (Å²) in [6, 6.07) is 9.86. The van der Waals surface area contributed by atoms with Crippen molar-refractivity contribution >= 4 is 34.9 Å². The number of nitrogens with zero attached hydrogens (tertiary/aromatic N) is 3. The minimum absolute atomic E-state index is 0.139. The van der Waals surface area contributed by atoms with E-state index in [1.807, 2.05) is 6.20 Å². The number of aromatic nitrogens is 2. The third-order valence-corrected chi connectivity index (χ3v) is 8.63. The molecule has 1 saturated heterocycles. The van der Waals surface area contributed by atoms with Gasteiger partial charge < -0.3 is 14.7 Å². The summed E-state index contributed by atoms with van der Waals surface area (Å²) in [7, 11) is 0. The first-order chi connectivity index (χ1) is 17.3. The van der Waals surface area contributed by atoms with Crippen LogP contribution in [-0.2, 0) is 11.3 Å². The lowest BCUT2D eigenvalue weighted by atomic mass is 9.99. The van der Waals surface area contributed by atoms with Crippen molar-refractivity contribution in [2.45, 2.75) is 63.3 Å². The molecule has 0 radical (unpaired) electrons. The van der Waals surface area contributed by atoms with Gasteiger partial charge in [0.2, 0.25) is 0 Å². The van der Waals surface area contributed by atoms with Crippen LogP contribution < -0.4 is 4.90 Å². The number of hydrogen-bond donors (Lipinski definition) is 1. The molecule has 0 spiro atoms. The number of anilines is 1. The molecule has 36 heavy (non-hydrogen) atoms. The fourth-order valence-corrected chi connectivity index (χ4v) is 6.65. The van der Waals surface area contributed by atoms with E-state index in [0.29, 0.717) is 39.9 Å². The monoisotopic (exact) mass is 529 g/mol. The van der Waals surface area contributed by atoms with E-state index in [9.17, 15) is 14.3 Å². The number of ether oxygens (including phenoxy) is 1. The molecule has 3 unspecified atom stereocenters. The van der Waals surface area contributed by atoms with Crippen LogP contribution in [0.5, 0.6) is 0 Å². The van der Waals surface area contributed by atoms with Gasteiger partial charge in [0.15, 0.2) is 0 Å². The van der Waals surface area contributed by atoms with Gasteiger partial charge in [0.25, 0.3) is 0 Å². The quantitative estimate of drug-likeness (QED) is 0.363. The molecule has 2 heterocycles. The Labute approximate surface area is 218 Å². The number of fused-ring (bicyclic) bond motifs is 2. The normalized spacial score (nSPS) is 25.1. The van der Waals surface area contributed by atoms with Gasteiger partial charge in [-0.15, -0.1) is 0 Å². The molecule has 9 heteroatoms. The zero-order valence-electron chi connectivity index (χ0n) is 19.8. The van der Waals surface area contributed by atoms with Crippen LogP contribution in [0.4, 0.5) is 10.1 Å². The minimum Gasteiger partial charge on any atom is -0.478 e. The Bertz CT molecular complexity index is 1340. The van der Waals surface area contributed by atoms with Crippen LogP contribution in [0.1, 0.15) is 66.6 Å². The number of halogens is 3. The first kappa shape index (κ1) is 23.8. The summed E-state index contributed by atoms with van der Waals surface area (Å²) >= 11 is 13.1. The van der Waals surface area contributed by atoms with Gasteiger partial charge >= 0.3 is 5.97 Å². The highest BCUT2D eigenvalue weighted by Crippen LogP contribution is 2.53. The molecule has 1 N–H and O–H groups in total. The number of rotatable bonds is 7. The summed E-state index contributed by atoms with van der Waals surface area (Å²) in [4.78, 5) is 13.5. The van der Waals surface area contributed by atoms with Gasteiger partial charge in [-0.3, -0.25) is 0 Å². The number of para-hydroxylation sites is 1. The number of hydrogen-bond acceptors (Lipinski definition) is 4. The highest BCUT2D eigenvalue weighted by molar-refractivity contribution is 6.37. The summed E-state index contributed by atoms with van der Waals surface area (Å²) in [6.45, 7) is 2.43. The average molecular weight is 530 g/mol. The molecule has 3 fully saturated rings. The van der Waals surface area contributed by atoms with Gasteiger partial charge in [0, 0.05) is 18.2 Å². The van der Waals surface area contributed by atoms with Crippen molar-refractivity contribution in [1.29, 1.82) is 0 Å². The first-order valence-electron chi connectivity index (χ1n) is 12.3. The second kappa shape index (κ2) is 8.75. The maximum atomic E-state index is 14.6. The molecule has 2 aromatic carbocycles. The Morgan fingerprint density at radius 2 is 1.97 bits per heavy atom. The lowest BCUT2D eigenvalue weighted by Gasteiger charge is -2.43. The second-order valence-electron chi connectivity index (χ2n) is 10.1. The molecule has 1 aromatic heterocycles. The molecule has 188 valence electrons. The summed E-state index contributed by atoms with van der Waals surface area (Å²) < 4.78 is 23.2. The predicted molar refractivity (Wildman–Crippen MR) is 136 cm³/mol. The zero-order valence-corrected chi connectivity index (χ0v) is 21.3. The van der Waals surface area contributed by atoms with Gasteiger partial charge in [-0.1, -0.05) is 29.3 Å². The van der Waals surface area contributed by atoms with Gasteiger partial charge in [-0.25, -0.2) is 13.9 Å². The lowest BCUT2D eigenvalue weighted by Crippen LogP contribution is -2.50. The molecule has 0 amide bonds. The summed E-state index contributed by atoms with van der Waals surface area (Å²) in [5.74, 6) is -1.16. The highest BCUT2D eigenvalue weighted by Gasteiger charge is 2.56. The van der Waals surface area contributed by atoms with E-state index in [2.05, 4.69) is 16.9 Å². The lowest BCUT2D eigenvalue weighted by molar-refractivity contribution is -0.0496. The molecule has 2 aliphatic carbocycles. The van der Waals surface area contributed by atoms with Crippen molar-refractivity contribution in [3.05, 3.63) is 75.3 Å². The van der Waals surface area contributed by atoms with Crippen LogP contribution in [0.3, 0.4) is 0 Å². The van der Waals surface area contributed by atoms with E-state index in [4.69, 9.17) is 27.9 Å². The van der Waals surface area contributed by atoms with Crippen LogP contribution in [0, 0.1) is 11.7 Å². The van der Waals surface area contributed by atoms with Crippen LogP contribution in [0.2, 0.25) is 10.0 Å². The summed E-state index contributed by atoms with van der Waals surface area (Å²) in [5.41, 5.74) is 2.40. The van der Waals surface area contributed by atoms with Crippen LogP contribution in [-0.4, -0.2) is 32.6 Å². The fourth-order valence-electron chi connectivity index (χ4n) is 6.09. The van der Waals surface area contributed by atoms with Crippen LogP contribution in [0.25, 0.3) is 5.69 Å². The molecule has 3 aromatic rings. The standard InChI is InChI=1S/C27H26Cl2FN3O3/c1-15-17-9-10-27(12-17,32(15)18-7-8-19(26(34)35)23(30)11-18)36-14-24-20(16-5-6-16)13-31-33(24)25-21(28)3-2-4-22(25)29/h2-4,7-8,11,13,15-17H,5-6,9-10,12,14H2,1H3,(H,34,35). The van der Waals surface area contributed by atoms with Gasteiger partial charge in [-0.05, 0) is 80.3 Å². The number of carboxylic acid groups (broad SMARTS) is 1. The third kappa shape index (κ3) is 3.80. The van der Waals surface area contributed by atoms with E-state index in [-0.39, 0.29) is 11.6 Å². The summed E-state index contributed by atoms with van der Waals surface area (Å²) in [6.07, 6.45) is 6.78. The highest BCUT2D eigenvalue weighted by atomic mass is 35.5. The van der Waals surface area contributed by atoms with Gasteiger partial charge in [-0.2, -0.15) is 5.10 Å². The number of carboxylic acids is 1. The number of piperidine rings is 1. The molecule has 6 rings (SSSR count). The topological polar surface area (TPSA) is 67.6 Å². The predicted octanol–water partition coefficient (Wildman–Crippen LogP) is 6.82. The van der Waals surface area contributed by atoms with Crippen molar-refractivity contribution in [2.75, 3.05) is 4.90 Å². The van der Waals surface area contributed by atoms with E-state index in [1.165, 1.54) is 12.1 Å². The molecular weight excluding hydrogens is 504 g/mol. The molecular formula is C27H26Cl2FN3O3. The van der Waals surface area contributed by atoms with Crippen LogP contribution in [0.15, 0.2) is 42.6 Å². The molecule has 2 saturated carbocycles. The van der Waals surface area contributed by atoms with Crippen molar-refractivity contribution in [3.63, 3.8) is 0 Å². The van der Waals surface area contributed by atoms with Crippen molar-refractivity contribution in [3.8, 4) is 5.69 Å². The molecule has 2 bridgehead atoms. The third-order valence-electron chi connectivity index (χ3n) is 8.02. The Morgan fingerprint density at radius 3 is 2.64 bits per heavy atom. The SMILES string of the molecule is CC1C2CCC(OCc3c(C4CC4)cnn3-c3c(Cl)cccc3Cl)(C2)N1c1ccc(C(=O)O)c(F)c1. The van der Waals surface area contributed by atoms with Crippen molar-refractivity contribution in [2.24, 2.45) is 5.92 Å². The van der Waals surface area contributed by atoms with Crippen molar-refractivity contribution in [1.82, 2.24) is 9.78 Å². The smallest absolute Gasteiger partial charge is 0.338 e. The van der Waals surface area contributed by atoms with E-state index < -0.39 is 17.5 Å². The van der Waals surface area contributed by atoms with E-state index >= 15 is 0 Å². The Hall–Kier alpha value is -2.61. The summed E-state index contributed by atoms with van der Waals surface area (Å²) in [5, 5.41) is 14.9. The van der Waals surface area contributed by atoms with Gasteiger partial charge in [0.1, 0.15) is 17.2 Å². The Balaban J connectivity index is 1.35. The Kier molecular flexibility index (Phi) is 5.78. The first-order valence-corrected chi connectivity index (χ1v) is 13.0. The average Bonchev–Trinajstić information content (AvgIpc) is 3.36. The largest absolute Gasteiger partial charge is 0.478 e. The second-order valence-corrected chi connectivity index (χ2v) is 10.9. The Morgan fingerprint density at radius 1 is 1.22 bits per heavy atom. The molecule has 3 atom stereocenters. The number of aromatic carboxylic acids is 1. The molecule has 3 aliphatic rings. The van der Waals surface area contributed by atoms with E-state index in [0.717, 1.165) is 43.4 Å². The van der Waals surface area contributed by atoms with Crippen molar-refractivity contribution < 1.29 is 19.0 Å². The van der Waals surface area contributed by atoms with Gasteiger partial charge in [0.05, 0.1) is 34.1 Å². The maximum absolute atomic E-state index is 14.6. The number of benzene rings is 2.